The molecule has 2 aromatic carbocycles. The van der Waals surface area contributed by atoms with Crippen LogP contribution in [-0.4, -0.2) is 38.8 Å². The fourth-order valence-corrected chi connectivity index (χ4v) is 1.92. The first-order valence-electron chi connectivity index (χ1n) is 6.99. The van der Waals surface area contributed by atoms with E-state index in [1.807, 2.05) is 57.2 Å². The van der Waals surface area contributed by atoms with E-state index in [0.29, 0.717) is 0 Å². The highest BCUT2D eigenvalue weighted by Gasteiger charge is 2.11. The summed E-state index contributed by atoms with van der Waals surface area (Å²) in [5.74, 6) is -0.257. The molecule has 4 nitrogen and oxygen atoms in total. The molecule has 0 saturated carbocycles. The van der Waals surface area contributed by atoms with Crippen LogP contribution < -0.4 is 0 Å². The van der Waals surface area contributed by atoms with E-state index in [-0.39, 0.29) is 11.5 Å². The van der Waals surface area contributed by atoms with Gasteiger partial charge in [0.1, 0.15) is 0 Å². The second kappa shape index (κ2) is 8.34. The Morgan fingerprint density at radius 1 is 1.05 bits per heavy atom. The summed E-state index contributed by atoms with van der Waals surface area (Å²) in [6.07, 6.45) is 0. The number of rotatable bonds is 3. The van der Waals surface area contributed by atoms with Crippen molar-refractivity contribution in [2.45, 2.75) is 12.7 Å². The molecule has 0 N–H and O–H groups in total. The van der Waals surface area contributed by atoms with Crippen molar-refractivity contribution in [3.63, 3.8) is 0 Å². The summed E-state index contributed by atoms with van der Waals surface area (Å²) in [6.45, 7) is 2.00. The minimum Gasteiger partial charge on any atom is -0.312 e. The summed E-state index contributed by atoms with van der Waals surface area (Å²) in [6, 6.07) is 14.2. The molecule has 2 aromatic rings. The third kappa shape index (κ3) is 5.33. The van der Waals surface area contributed by atoms with Crippen LogP contribution in [0.25, 0.3) is 0 Å². The maximum Gasteiger partial charge on any atom is 0.269 e. The van der Waals surface area contributed by atoms with Gasteiger partial charge in [0.2, 0.25) is 0 Å². The van der Waals surface area contributed by atoms with Gasteiger partial charge in [0.25, 0.3) is 5.69 Å². The number of hydrogen-bond donors (Lipinski definition) is 0. The lowest BCUT2D eigenvalue weighted by molar-refractivity contribution is -0.384. The second-order valence-corrected chi connectivity index (χ2v) is 5.52. The molecule has 0 fully saturated rings. The lowest BCUT2D eigenvalue weighted by atomic mass is 9.74. The van der Waals surface area contributed by atoms with Gasteiger partial charge in [-0.3, -0.25) is 10.1 Å². The molecule has 5 heteroatoms. The Bertz CT molecular complexity index is 610. The molecule has 0 aliphatic carbocycles. The number of nitro benzene ring substituents is 1. The van der Waals surface area contributed by atoms with Crippen LogP contribution in [0.5, 0.6) is 0 Å². The zero-order chi connectivity index (χ0) is 16.7. The van der Waals surface area contributed by atoms with Gasteiger partial charge in [-0.05, 0) is 50.6 Å². The SMILES string of the molecule is CN(C)C.[B]C(c1ccc([N+](=O)[O-])cc1)c1ccccc1C. The standard InChI is InChI=1S/C14H12BNO2.C3H9N/c1-10-4-2-3-5-13(10)14(15)11-6-8-12(9-7-11)16(17)18;1-4(2)3/h2-9,14H,1H3;1-3H3. The number of benzene rings is 2. The van der Waals surface area contributed by atoms with Crippen LogP contribution in [0.15, 0.2) is 48.5 Å². The van der Waals surface area contributed by atoms with E-state index in [1.165, 1.54) is 12.1 Å². The highest BCUT2D eigenvalue weighted by molar-refractivity contribution is 6.14. The van der Waals surface area contributed by atoms with Crippen molar-refractivity contribution in [2.24, 2.45) is 0 Å². The number of non-ortho nitro benzene ring substituents is 1. The van der Waals surface area contributed by atoms with E-state index in [9.17, 15) is 10.1 Å². The van der Waals surface area contributed by atoms with Crippen LogP contribution in [0.2, 0.25) is 0 Å². The van der Waals surface area contributed by atoms with Gasteiger partial charge >= 0.3 is 0 Å². The summed E-state index contributed by atoms with van der Waals surface area (Å²) in [4.78, 5) is 12.2. The van der Waals surface area contributed by atoms with Crippen LogP contribution in [0.1, 0.15) is 22.5 Å². The van der Waals surface area contributed by atoms with Gasteiger partial charge in [0.15, 0.2) is 0 Å². The predicted molar refractivity (Wildman–Crippen MR) is 91.5 cm³/mol. The first-order valence-corrected chi connectivity index (χ1v) is 6.99. The summed E-state index contributed by atoms with van der Waals surface area (Å²) in [5, 5.41) is 10.6. The van der Waals surface area contributed by atoms with Crippen LogP contribution in [0, 0.1) is 17.0 Å². The second-order valence-electron chi connectivity index (χ2n) is 5.52. The average molecular weight is 296 g/mol. The zero-order valence-electron chi connectivity index (χ0n) is 13.5. The van der Waals surface area contributed by atoms with Crippen molar-refractivity contribution in [3.8, 4) is 0 Å². The van der Waals surface area contributed by atoms with Crippen molar-refractivity contribution >= 4 is 13.5 Å². The molecule has 22 heavy (non-hydrogen) atoms. The number of nitro groups is 1. The van der Waals surface area contributed by atoms with Gasteiger partial charge in [0.05, 0.1) is 12.8 Å². The fourth-order valence-electron chi connectivity index (χ4n) is 1.92. The number of nitrogens with zero attached hydrogens (tertiary/aromatic N) is 2. The molecule has 0 amide bonds. The van der Waals surface area contributed by atoms with Crippen molar-refractivity contribution in [1.29, 1.82) is 0 Å². The van der Waals surface area contributed by atoms with E-state index >= 15 is 0 Å². The molecule has 0 aliphatic rings. The van der Waals surface area contributed by atoms with Crippen LogP contribution in [-0.2, 0) is 0 Å². The van der Waals surface area contributed by atoms with Gasteiger partial charge in [-0.1, -0.05) is 36.4 Å². The van der Waals surface area contributed by atoms with Crippen molar-refractivity contribution < 1.29 is 4.92 Å². The molecule has 0 bridgehead atoms. The third-order valence-electron chi connectivity index (χ3n) is 2.99. The van der Waals surface area contributed by atoms with Gasteiger partial charge in [-0.25, -0.2) is 0 Å². The summed E-state index contributed by atoms with van der Waals surface area (Å²) in [7, 11) is 12.2. The largest absolute Gasteiger partial charge is 0.312 e. The molecule has 0 aromatic heterocycles. The Hall–Kier alpha value is -2.14. The lowest BCUT2D eigenvalue weighted by Gasteiger charge is -2.15. The molecule has 0 aliphatic heterocycles. The predicted octanol–water partition coefficient (Wildman–Crippen LogP) is 3.34. The maximum atomic E-state index is 10.6. The first kappa shape index (κ1) is 17.9. The van der Waals surface area contributed by atoms with Gasteiger partial charge in [-0.2, -0.15) is 0 Å². The van der Waals surface area contributed by atoms with E-state index in [2.05, 4.69) is 0 Å². The topological polar surface area (TPSA) is 46.4 Å². The number of hydrogen-bond acceptors (Lipinski definition) is 3. The van der Waals surface area contributed by atoms with E-state index in [1.54, 1.807) is 12.1 Å². The Kier molecular flexibility index (Phi) is 6.79. The summed E-state index contributed by atoms with van der Waals surface area (Å²) >= 11 is 0. The molecule has 0 spiro atoms. The minimum absolute atomic E-state index is 0.0794. The van der Waals surface area contributed by atoms with E-state index in [4.69, 9.17) is 7.85 Å². The minimum atomic E-state index is -0.414. The molecular formula is C17H21BN2O2. The zero-order valence-corrected chi connectivity index (χ0v) is 13.5. The van der Waals surface area contributed by atoms with Crippen LogP contribution >= 0.6 is 0 Å². The maximum absolute atomic E-state index is 10.6. The van der Waals surface area contributed by atoms with Crippen molar-refractivity contribution in [1.82, 2.24) is 4.90 Å². The summed E-state index contributed by atoms with van der Waals surface area (Å²) < 4.78 is 0. The van der Waals surface area contributed by atoms with Crippen LogP contribution in [0.4, 0.5) is 5.69 Å². The molecule has 114 valence electrons. The van der Waals surface area contributed by atoms with Crippen molar-refractivity contribution in [2.75, 3.05) is 21.1 Å². The Morgan fingerprint density at radius 2 is 1.55 bits per heavy atom. The highest BCUT2D eigenvalue weighted by Crippen LogP contribution is 2.25. The molecule has 2 radical (unpaired) electrons. The molecular weight excluding hydrogens is 275 g/mol. The lowest BCUT2D eigenvalue weighted by Crippen LogP contribution is -2.02. The van der Waals surface area contributed by atoms with Crippen molar-refractivity contribution in [3.05, 3.63) is 75.3 Å². The quantitative estimate of drug-likeness (QED) is 0.496. The number of aryl methyl sites for hydroxylation is 1. The molecule has 1 unspecified atom stereocenters. The van der Waals surface area contributed by atoms with Gasteiger partial charge in [-0.15, -0.1) is 0 Å². The van der Waals surface area contributed by atoms with Crippen LogP contribution in [0.3, 0.4) is 0 Å². The monoisotopic (exact) mass is 296 g/mol. The Balaban J connectivity index is 0.000000541. The average Bonchev–Trinajstić information content (AvgIpc) is 2.46. The van der Waals surface area contributed by atoms with E-state index in [0.717, 1.165) is 16.7 Å². The first-order chi connectivity index (χ1) is 10.3. The third-order valence-corrected chi connectivity index (χ3v) is 2.99. The molecule has 2 rings (SSSR count). The smallest absolute Gasteiger partial charge is 0.269 e. The Morgan fingerprint density at radius 3 is 2.00 bits per heavy atom. The van der Waals surface area contributed by atoms with E-state index < -0.39 is 4.92 Å². The van der Waals surface area contributed by atoms with Gasteiger partial charge in [0, 0.05) is 12.1 Å². The molecule has 0 heterocycles. The normalized spacial score (nSPS) is 11.5. The molecule has 1 atom stereocenters. The Labute approximate surface area is 133 Å². The van der Waals surface area contributed by atoms with Gasteiger partial charge < -0.3 is 4.90 Å². The molecule has 0 saturated heterocycles. The summed E-state index contributed by atoms with van der Waals surface area (Å²) in [5.41, 5.74) is 3.10. The highest BCUT2D eigenvalue weighted by atomic mass is 16.6. The fraction of sp³-hybridized carbons (Fsp3) is 0.294.